The highest BCUT2D eigenvalue weighted by molar-refractivity contribution is 7.91. The zero-order valence-electron chi connectivity index (χ0n) is 22.3. The van der Waals surface area contributed by atoms with Gasteiger partial charge in [-0.15, -0.1) is 0 Å². The number of carbonyl (C=O) groups is 1. The Labute approximate surface area is 232 Å². The number of nitrogens with one attached hydrogen (secondary N) is 2. The van der Waals surface area contributed by atoms with Gasteiger partial charge in [-0.1, -0.05) is 12.1 Å². The summed E-state index contributed by atoms with van der Waals surface area (Å²) in [6, 6.07) is 14.9. The molecule has 40 heavy (non-hydrogen) atoms. The molecule has 1 amide bonds. The van der Waals surface area contributed by atoms with Crippen LogP contribution >= 0.6 is 0 Å². The van der Waals surface area contributed by atoms with E-state index in [1.165, 1.54) is 41.3 Å². The highest BCUT2D eigenvalue weighted by Gasteiger charge is 2.24. The zero-order chi connectivity index (χ0) is 28.3. The molecule has 2 N–H and O–H groups in total. The molecule has 1 fully saturated rings. The SMILES string of the molecule is COCCNc1cccc(C(=O)Nn2ncc3cc(S(=O)(=O)c4cccc(F)c4)ccc32)c1N1CCN(C)CC1. The average molecular weight is 567 g/mol. The summed E-state index contributed by atoms with van der Waals surface area (Å²) in [5.41, 5.74) is 5.49. The lowest BCUT2D eigenvalue weighted by molar-refractivity contribution is 0.101. The topological polar surface area (TPSA) is 109 Å². The predicted molar refractivity (Wildman–Crippen MR) is 152 cm³/mol. The highest BCUT2D eigenvalue weighted by atomic mass is 32.2. The van der Waals surface area contributed by atoms with Crippen LogP contribution in [0.4, 0.5) is 15.8 Å². The standard InChI is InChI=1S/C28H31FN6O4S/c1-33-12-14-34(15-13-33)27-24(7-4-8-25(27)30-11-16-39-2)28(36)32-35-26-10-9-23(17-20(26)19-31-35)40(37,38)22-6-3-5-21(29)18-22/h3-10,17-19,30H,11-16H2,1-2H3,(H,32,36). The lowest BCUT2D eigenvalue weighted by Crippen LogP contribution is -2.45. The van der Waals surface area contributed by atoms with Gasteiger partial charge in [0.25, 0.3) is 5.91 Å². The second-order valence-electron chi connectivity index (χ2n) is 9.59. The molecule has 12 heteroatoms. The minimum absolute atomic E-state index is 0.00339. The van der Waals surface area contributed by atoms with Crippen LogP contribution in [-0.4, -0.2) is 82.6 Å². The first-order chi connectivity index (χ1) is 19.3. The van der Waals surface area contributed by atoms with Crippen LogP contribution in [0.1, 0.15) is 10.4 Å². The van der Waals surface area contributed by atoms with Crippen molar-refractivity contribution in [2.24, 2.45) is 0 Å². The van der Waals surface area contributed by atoms with E-state index in [0.29, 0.717) is 29.6 Å². The van der Waals surface area contributed by atoms with Crippen molar-refractivity contribution in [3.63, 3.8) is 0 Å². The minimum Gasteiger partial charge on any atom is -0.383 e. The Hall–Kier alpha value is -4.00. The number of rotatable bonds is 9. The first-order valence-electron chi connectivity index (χ1n) is 12.9. The maximum Gasteiger partial charge on any atom is 0.273 e. The molecule has 0 aliphatic carbocycles. The number of nitrogens with zero attached hydrogens (tertiary/aromatic N) is 4. The number of piperazine rings is 1. The number of carbonyl (C=O) groups excluding carboxylic acids is 1. The molecule has 1 aromatic heterocycles. The van der Waals surface area contributed by atoms with E-state index < -0.39 is 15.7 Å². The Kier molecular flexibility index (Phi) is 8.01. The molecule has 0 spiro atoms. The average Bonchev–Trinajstić information content (AvgIpc) is 3.35. The molecule has 10 nitrogen and oxygen atoms in total. The van der Waals surface area contributed by atoms with E-state index in [2.05, 4.69) is 32.7 Å². The number of halogens is 1. The number of hydrogen-bond donors (Lipinski definition) is 2. The molecular weight excluding hydrogens is 535 g/mol. The number of benzene rings is 3. The normalized spacial score (nSPS) is 14.4. The van der Waals surface area contributed by atoms with E-state index in [1.807, 2.05) is 12.1 Å². The summed E-state index contributed by atoms with van der Waals surface area (Å²) in [5, 5.41) is 8.17. The van der Waals surface area contributed by atoms with Gasteiger partial charge in [0.2, 0.25) is 9.84 Å². The molecule has 4 aromatic rings. The van der Waals surface area contributed by atoms with Crippen LogP contribution in [0, 0.1) is 5.82 Å². The van der Waals surface area contributed by atoms with E-state index >= 15 is 0 Å². The van der Waals surface area contributed by atoms with Gasteiger partial charge in [-0.25, -0.2) is 18.2 Å². The van der Waals surface area contributed by atoms with Crippen LogP contribution in [0.25, 0.3) is 10.9 Å². The Morgan fingerprint density at radius 3 is 2.52 bits per heavy atom. The summed E-state index contributed by atoms with van der Waals surface area (Å²) < 4.78 is 44.9. The van der Waals surface area contributed by atoms with Gasteiger partial charge in [-0.2, -0.15) is 9.89 Å². The van der Waals surface area contributed by atoms with Crippen molar-refractivity contribution in [1.29, 1.82) is 0 Å². The van der Waals surface area contributed by atoms with Crippen LogP contribution in [0.3, 0.4) is 0 Å². The first-order valence-corrected chi connectivity index (χ1v) is 14.4. The van der Waals surface area contributed by atoms with Gasteiger partial charge in [-0.05, 0) is 55.6 Å². The molecule has 0 atom stereocenters. The van der Waals surface area contributed by atoms with Crippen molar-refractivity contribution in [2.45, 2.75) is 9.79 Å². The monoisotopic (exact) mass is 566 g/mol. The van der Waals surface area contributed by atoms with Gasteiger partial charge in [0.1, 0.15) is 5.82 Å². The van der Waals surface area contributed by atoms with Crippen molar-refractivity contribution >= 4 is 38.0 Å². The van der Waals surface area contributed by atoms with Crippen LogP contribution in [0.15, 0.2) is 76.7 Å². The lowest BCUT2D eigenvalue weighted by Gasteiger charge is -2.36. The Morgan fingerprint density at radius 1 is 1.02 bits per heavy atom. The molecule has 0 unspecified atom stereocenters. The minimum atomic E-state index is -3.94. The van der Waals surface area contributed by atoms with Crippen molar-refractivity contribution in [2.75, 3.05) is 69.1 Å². The third-order valence-electron chi connectivity index (χ3n) is 6.89. The number of sulfone groups is 1. The third-order valence-corrected chi connectivity index (χ3v) is 8.63. The second-order valence-corrected chi connectivity index (χ2v) is 11.5. The van der Waals surface area contributed by atoms with Crippen LogP contribution < -0.4 is 15.6 Å². The summed E-state index contributed by atoms with van der Waals surface area (Å²) in [5.74, 6) is -0.989. The molecule has 0 radical (unpaired) electrons. The number of amides is 1. The molecule has 3 aromatic carbocycles. The first kappa shape index (κ1) is 27.6. The Morgan fingerprint density at radius 2 is 1.77 bits per heavy atom. The number of likely N-dealkylation sites (N-methyl/N-ethyl adjacent to an activating group) is 1. The molecule has 2 heterocycles. The molecule has 210 valence electrons. The van der Waals surface area contributed by atoms with Crippen molar-refractivity contribution in [1.82, 2.24) is 14.8 Å². The van der Waals surface area contributed by atoms with Gasteiger partial charge in [0.15, 0.2) is 0 Å². The number of anilines is 2. The van der Waals surface area contributed by atoms with Crippen molar-refractivity contribution in [3.05, 3.63) is 78.2 Å². The van der Waals surface area contributed by atoms with Gasteiger partial charge in [-0.3, -0.25) is 4.79 Å². The number of aromatic nitrogens is 2. The van der Waals surface area contributed by atoms with E-state index in [1.54, 1.807) is 19.2 Å². The van der Waals surface area contributed by atoms with E-state index in [-0.39, 0.29) is 15.7 Å². The van der Waals surface area contributed by atoms with Gasteiger partial charge >= 0.3 is 0 Å². The fourth-order valence-corrected chi connectivity index (χ4v) is 6.05. The lowest BCUT2D eigenvalue weighted by atomic mass is 10.1. The zero-order valence-corrected chi connectivity index (χ0v) is 23.1. The Balaban J connectivity index is 1.44. The van der Waals surface area contributed by atoms with E-state index in [9.17, 15) is 17.6 Å². The number of para-hydroxylation sites is 1. The van der Waals surface area contributed by atoms with Gasteiger partial charge < -0.3 is 19.9 Å². The second kappa shape index (κ2) is 11.6. The summed E-state index contributed by atoms with van der Waals surface area (Å²) in [4.78, 5) is 19.3. The van der Waals surface area contributed by atoms with Crippen molar-refractivity contribution in [3.8, 4) is 0 Å². The smallest absolute Gasteiger partial charge is 0.273 e. The van der Waals surface area contributed by atoms with Gasteiger partial charge in [0.05, 0.1) is 45.0 Å². The van der Waals surface area contributed by atoms with Crippen LogP contribution in [0.2, 0.25) is 0 Å². The van der Waals surface area contributed by atoms with E-state index in [0.717, 1.165) is 43.6 Å². The molecule has 1 saturated heterocycles. The van der Waals surface area contributed by atoms with Gasteiger partial charge in [0, 0.05) is 45.2 Å². The van der Waals surface area contributed by atoms with Crippen LogP contribution in [-0.2, 0) is 14.6 Å². The summed E-state index contributed by atoms with van der Waals surface area (Å²) >= 11 is 0. The molecular formula is C28H31FN6O4S. The highest BCUT2D eigenvalue weighted by Crippen LogP contribution is 2.32. The largest absolute Gasteiger partial charge is 0.383 e. The number of hydrogen-bond acceptors (Lipinski definition) is 8. The van der Waals surface area contributed by atoms with Crippen LogP contribution in [0.5, 0.6) is 0 Å². The third kappa shape index (κ3) is 5.64. The summed E-state index contributed by atoms with van der Waals surface area (Å²) in [6.45, 7) is 4.40. The molecule has 1 aliphatic rings. The number of ether oxygens (including phenoxy) is 1. The molecule has 5 rings (SSSR count). The maximum absolute atomic E-state index is 13.7. The fraction of sp³-hybridized carbons (Fsp3) is 0.286. The summed E-state index contributed by atoms with van der Waals surface area (Å²) in [6.07, 6.45) is 1.48. The van der Waals surface area contributed by atoms with Crippen molar-refractivity contribution < 1.29 is 22.3 Å². The van der Waals surface area contributed by atoms with E-state index in [4.69, 9.17) is 4.74 Å². The Bertz CT molecular complexity index is 1630. The molecule has 0 bridgehead atoms. The summed E-state index contributed by atoms with van der Waals surface area (Å²) in [7, 11) is -0.221. The fourth-order valence-electron chi connectivity index (χ4n) is 4.72. The number of fused-ring (bicyclic) bond motifs is 1. The number of methoxy groups -OCH3 is 1. The quantitative estimate of drug-likeness (QED) is 0.298. The predicted octanol–water partition coefficient (Wildman–Crippen LogP) is 3.20. The molecule has 1 aliphatic heterocycles. The molecule has 0 saturated carbocycles. The maximum atomic E-state index is 13.7.